The minimum absolute atomic E-state index is 0.0106. The molecule has 2 N–H and O–H groups in total. The Balaban J connectivity index is 1.33. The van der Waals surface area contributed by atoms with Crippen LogP contribution in [0.5, 0.6) is 0 Å². The summed E-state index contributed by atoms with van der Waals surface area (Å²) in [6, 6.07) is 18.0. The van der Waals surface area contributed by atoms with Crippen LogP contribution in [0.15, 0.2) is 79.3 Å². The van der Waals surface area contributed by atoms with Crippen LogP contribution in [0.3, 0.4) is 0 Å². The number of nitrogens with one attached hydrogen (secondary N) is 2. The van der Waals surface area contributed by atoms with Crippen molar-refractivity contribution in [3.05, 3.63) is 90.4 Å². The summed E-state index contributed by atoms with van der Waals surface area (Å²) in [4.78, 5) is 32.0. The highest BCUT2D eigenvalue weighted by molar-refractivity contribution is 7.89. The predicted molar refractivity (Wildman–Crippen MR) is 151 cm³/mol. The normalized spacial score (nSPS) is 11.4. The Morgan fingerprint density at radius 2 is 1.72 bits per heavy atom. The number of carbonyl (C=O) groups excluding carboxylic acids is 1. The average Bonchev–Trinajstić information content (AvgIpc) is 3.23. The number of pyridine rings is 1. The summed E-state index contributed by atoms with van der Waals surface area (Å²) in [6.07, 6.45) is 6.00. The van der Waals surface area contributed by atoms with Crippen LogP contribution >= 0.6 is 0 Å². The summed E-state index contributed by atoms with van der Waals surface area (Å²) in [6.45, 7) is 0. The van der Waals surface area contributed by atoms with E-state index in [2.05, 4.69) is 30.6 Å². The molecule has 0 unspecified atom stereocenters. The lowest BCUT2D eigenvalue weighted by Gasteiger charge is -2.19. The van der Waals surface area contributed by atoms with Crippen molar-refractivity contribution in [1.82, 2.24) is 24.5 Å². The fourth-order valence-corrected chi connectivity index (χ4v) is 4.83. The van der Waals surface area contributed by atoms with E-state index in [0.717, 1.165) is 16.9 Å². The van der Waals surface area contributed by atoms with E-state index in [-0.39, 0.29) is 11.7 Å². The van der Waals surface area contributed by atoms with Gasteiger partial charge in [0.05, 0.1) is 16.8 Å². The Labute approximate surface area is 225 Å². The van der Waals surface area contributed by atoms with Gasteiger partial charge in [0.15, 0.2) is 9.84 Å². The Bertz CT molecular complexity index is 1750. The number of anilines is 5. The van der Waals surface area contributed by atoms with Crippen molar-refractivity contribution in [2.75, 3.05) is 28.8 Å². The van der Waals surface area contributed by atoms with Crippen LogP contribution in [0.2, 0.25) is 0 Å². The van der Waals surface area contributed by atoms with Gasteiger partial charge < -0.3 is 14.8 Å². The lowest BCUT2D eigenvalue weighted by molar-refractivity contribution is 0.102. The van der Waals surface area contributed by atoms with Crippen LogP contribution in [0, 0.1) is 0 Å². The fourth-order valence-electron chi connectivity index (χ4n) is 4.03. The van der Waals surface area contributed by atoms with Gasteiger partial charge in [-0.1, -0.05) is 12.1 Å². The number of nitrogens with zero attached hydrogens (tertiary/aromatic N) is 6. The molecule has 5 aromatic rings. The number of rotatable bonds is 8. The summed E-state index contributed by atoms with van der Waals surface area (Å²) in [5.41, 5.74) is 4.37. The molecule has 0 saturated heterocycles. The summed E-state index contributed by atoms with van der Waals surface area (Å²) in [7, 11) is 0.636. The van der Waals surface area contributed by atoms with Gasteiger partial charge in [-0.25, -0.2) is 18.4 Å². The highest BCUT2D eigenvalue weighted by Crippen LogP contribution is 2.28. The van der Waals surface area contributed by atoms with E-state index in [0.29, 0.717) is 34.4 Å². The van der Waals surface area contributed by atoms with E-state index in [1.54, 1.807) is 61.1 Å². The smallest absolute Gasteiger partial charge is 0.258 e. The molecule has 11 nitrogen and oxygen atoms in total. The Hall–Kier alpha value is -4.84. The standard InChI is InChI=1S/C27H26N8O3S/c1-34(24-12-15-29-26(32-24)30-20-6-4-18(5-7-20)17-39(3,37)38)21-8-9-23-22(16-21)31-27(35(23)2)33-25(36)19-10-13-28-14-11-19/h4-16H,17H2,1-3H3,(H,29,30,32)(H,31,33,36). The van der Waals surface area contributed by atoms with Crippen molar-refractivity contribution < 1.29 is 13.2 Å². The molecule has 0 aliphatic carbocycles. The zero-order chi connectivity index (χ0) is 27.6. The monoisotopic (exact) mass is 542 g/mol. The molecule has 3 aromatic heterocycles. The fraction of sp³-hybridized carbons (Fsp3) is 0.148. The number of carbonyl (C=O) groups is 1. The van der Waals surface area contributed by atoms with E-state index in [9.17, 15) is 13.2 Å². The highest BCUT2D eigenvalue weighted by Gasteiger charge is 2.15. The van der Waals surface area contributed by atoms with Gasteiger partial charge in [-0.15, -0.1) is 0 Å². The van der Waals surface area contributed by atoms with Crippen LogP contribution in [-0.2, 0) is 22.6 Å². The first-order chi connectivity index (χ1) is 18.7. The molecule has 0 radical (unpaired) electrons. The number of sulfone groups is 1. The molecule has 12 heteroatoms. The first-order valence-corrected chi connectivity index (χ1v) is 14.0. The SMILES string of the molecule is CN(c1ccc2c(c1)nc(NC(=O)c1ccncc1)n2C)c1ccnc(Nc2ccc(CS(C)(=O)=O)cc2)n1. The number of benzene rings is 2. The molecule has 0 spiro atoms. The average molecular weight is 543 g/mol. The first kappa shape index (κ1) is 25.8. The zero-order valence-corrected chi connectivity index (χ0v) is 22.3. The number of hydrogen-bond donors (Lipinski definition) is 2. The molecule has 0 bridgehead atoms. The van der Waals surface area contributed by atoms with Gasteiger partial charge in [-0.2, -0.15) is 4.98 Å². The number of hydrogen-bond acceptors (Lipinski definition) is 9. The summed E-state index contributed by atoms with van der Waals surface area (Å²) < 4.78 is 24.9. The van der Waals surface area contributed by atoms with Crippen molar-refractivity contribution in [1.29, 1.82) is 0 Å². The molecule has 5 rings (SSSR count). The topological polar surface area (TPSA) is 135 Å². The number of amides is 1. The second-order valence-electron chi connectivity index (χ2n) is 9.05. The predicted octanol–water partition coefficient (Wildman–Crippen LogP) is 4.07. The van der Waals surface area contributed by atoms with Crippen LogP contribution in [0.25, 0.3) is 11.0 Å². The second kappa shape index (κ2) is 10.5. The van der Waals surface area contributed by atoms with E-state index in [4.69, 9.17) is 0 Å². The first-order valence-electron chi connectivity index (χ1n) is 11.9. The molecule has 0 saturated carbocycles. The molecule has 0 aliphatic heterocycles. The molecule has 2 aromatic carbocycles. The minimum Gasteiger partial charge on any atom is -0.329 e. The van der Waals surface area contributed by atoms with Gasteiger partial charge in [0.25, 0.3) is 5.91 Å². The van der Waals surface area contributed by atoms with E-state index in [1.165, 1.54) is 6.26 Å². The second-order valence-corrected chi connectivity index (χ2v) is 11.2. The molecule has 39 heavy (non-hydrogen) atoms. The highest BCUT2D eigenvalue weighted by atomic mass is 32.2. The maximum Gasteiger partial charge on any atom is 0.258 e. The van der Waals surface area contributed by atoms with E-state index < -0.39 is 9.84 Å². The lowest BCUT2D eigenvalue weighted by Crippen LogP contribution is -2.14. The third-order valence-corrected chi connectivity index (χ3v) is 6.90. The number of aromatic nitrogens is 5. The van der Waals surface area contributed by atoms with Crippen molar-refractivity contribution in [2.24, 2.45) is 7.05 Å². The van der Waals surface area contributed by atoms with Crippen molar-refractivity contribution in [2.45, 2.75) is 5.75 Å². The Kier molecular flexibility index (Phi) is 6.94. The maximum atomic E-state index is 12.6. The van der Waals surface area contributed by atoms with E-state index in [1.807, 2.05) is 41.8 Å². The third-order valence-electron chi connectivity index (χ3n) is 6.04. The van der Waals surface area contributed by atoms with Crippen LogP contribution in [-0.4, -0.2) is 52.1 Å². The van der Waals surface area contributed by atoms with Gasteiger partial charge in [0, 0.05) is 55.9 Å². The van der Waals surface area contributed by atoms with Gasteiger partial charge in [0.1, 0.15) is 5.82 Å². The summed E-state index contributed by atoms with van der Waals surface area (Å²) >= 11 is 0. The van der Waals surface area contributed by atoms with Gasteiger partial charge in [-0.3, -0.25) is 15.1 Å². The van der Waals surface area contributed by atoms with Crippen LogP contribution in [0.4, 0.5) is 29.1 Å². The van der Waals surface area contributed by atoms with Gasteiger partial charge >= 0.3 is 0 Å². The third kappa shape index (κ3) is 6.02. The van der Waals surface area contributed by atoms with Crippen LogP contribution in [0.1, 0.15) is 15.9 Å². The molecule has 1 amide bonds. The molecule has 3 heterocycles. The molecule has 0 atom stereocenters. The minimum atomic E-state index is -3.10. The van der Waals surface area contributed by atoms with Crippen molar-refractivity contribution in [3.63, 3.8) is 0 Å². The van der Waals surface area contributed by atoms with Crippen molar-refractivity contribution in [3.8, 4) is 0 Å². The van der Waals surface area contributed by atoms with Crippen LogP contribution < -0.4 is 15.5 Å². The lowest BCUT2D eigenvalue weighted by atomic mass is 10.2. The number of aryl methyl sites for hydroxylation is 1. The van der Waals surface area contributed by atoms with Gasteiger partial charge in [-0.05, 0) is 54.1 Å². The quantitative estimate of drug-likeness (QED) is 0.297. The zero-order valence-electron chi connectivity index (χ0n) is 21.5. The maximum absolute atomic E-state index is 12.6. The Morgan fingerprint density at radius 1 is 0.974 bits per heavy atom. The van der Waals surface area contributed by atoms with Crippen molar-refractivity contribution >= 4 is 55.9 Å². The Morgan fingerprint density at radius 3 is 2.44 bits per heavy atom. The number of fused-ring (bicyclic) bond motifs is 1. The molecular weight excluding hydrogens is 516 g/mol. The number of imidazole rings is 1. The largest absolute Gasteiger partial charge is 0.329 e. The van der Waals surface area contributed by atoms with Gasteiger partial charge in [0.2, 0.25) is 11.9 Å². The molecule has 0 aliphatic rings. The van der Waals surface area contributed by atoms with E-state index >= 15 is 0 Å². The molecule has 198 valence electrons. The molecule has 0 fully saturated rings. The summed E-state index contributed by atoms with van der Waals surface area (Å²) in [5, 5.41) is 6.01. The summed E-state index contributed by atoms with van der Waals surface area (Å²) in [5.74, 6) is 1.21. The molecular formula is C27H26N8O3S.